The summed E-state index contributed by atoms with van der Waals surface area (Å²) in [7, 11) is 0. The molecule has 0 saturated carbocycles. The molecule has 5 nitrogen and oxygen atoms in total. The van der Waals surface area contributed by atoms with Gasteiger partial charge >= 0.3 is 0 Å². The smallest absolute Gasteiger partial charge is 0.151 e. The molecular weight excluding hydrogens is 248 g/mol. The van der Waals surface area contributed by atoms with Crippen LogP contribution in [0.15, 0.2) is 17.4 Å². The molecule has 14 heavy (non-hydrogen) atoms. The van der Waals surface area contributed by atoms with Gasteiger partial charge in [-0.25, -0.2) is 4.99 Å². The first kappa shape index (κ1) is 9.95. The molecule has 0 bridgehead atoms. The van der Waals surface area contributed by atoms with Crippen LogP contribution < -0.4 is 5.73 Å². The Morgan fingerprint density at radius 1 is 1.50 bits per heavy atom. The van der Waals surface area contributed by atoms with Gasteiger partial charge in [0.2, 0.25) is 0 Å². The monoisotopic (exact) mass is 260 g/mol. The number of aliphatic imine (C=N–C) groups is 1. The molecule has 1 saturated heterocycles. The Bertz CT molecular complexity index is 262. The summed E-state index contributed by atoms with van der Waals surface area (Å²) in [5, 5.41) is 0. The predicted molar refractivity (Wildman–Crippen MR) is 57.7 cm³/mol. The van der Waals surface area contributed by atoms with Crippen molar-refractivity contribution >= 4 is 22.0 Å². The van der Waals surface area contributed by atoms with Crippen molar-refractivity contribution < 1.29 is 4.74 Å². The van der Waals surface area contributed by atoms with E-state index in [4.69, 9.17) is 10.5 Å². The summed E-state index contributed by atoms with van der Waals surface area (Å²) in [6.45, 7) is 3.29. The van der Waals surface area contributed by atoms with Crippen LogP contribution in [0.5, 0.6) is 0 Å². The number of rotatable bonds is 1. The maximum absolute atomic E-state index is 5.84. The third kappa shape index (κ3) is 1.92. The second-order valence-electron chi connectivity index (χ2n) is 3.22. The molecule has 0 aromatic carbocycles. The molecule has 1 unspecified atom stereocenters. The van der Waals surface area contributed by atoms with Crippen molar-refractivity contribution in [3.63, 3.8) is 0 Å². The minimum Gasteiger partial charge on any atom is -0.384 e. The first-order chi connectivity index (χ1) is 6.79. The van der Waals surface area contributed by atoms with Crippen LogP contribution in [0.2, 0.25) is 0 Å². The lowest BCUT2D eigenvalue weighted by Crippen LogP contribution is -2.55. The molecule has 6 heteroatoms. The summed E-state index contributed by atoms with van der Waals surface area (Å²) in [4.78, 5) is 6.33. The van der Waals surface area contributed by atoms with Crippen molar-refractivity contribution in [3.8, 4) is 0 Å². The number of hydrogen-bond donors (Lipinski definition) is 1. The van der Waals surface area contributed by atoms with Gasteiger partial charge in [-0.15, -0.1) is 0 Å². The van der Waals surface area contributed by atoms with Crippen LogP contribution in [-0.4, -0.2) is 47.1 Å². The highest BCUT2D eigenvalue weighted by Gasteiger charge is 2.28. The average molecular weight is 261 g/mol. The molecule has 2 N–H and O–H groups in total. The topological polar surface area (TPSA) is 54.1 Å². The van der Waals surface area contributed by atoms with Crippen molar-refractivity contribution in [1.29, 1.82) is 0 Å². The van der Waals surface area contributed by atoms with Gasteiger partial charge in [0.25, 0.3) is 0 Å². The van der Waals surface area contributed by atoms with Crippen molar-refractivity contribution in [2.24, 2.45) is 10.7 Å². The molecule has 2 aliphatic heterocycles. The van der Waals surface area contributed by atoms with E-state index in [1.807, 2.05) is 10.1 Å². The Balaban J connectivity index is 2.07. The Morgan fingerprint density at radius 2 is 2.21 bits per heavy atom. The van der Waals surface area contributed by atoms with E-state index in [0.29, 0.717) is 5.84 Å². The number of nitrogens with zero attached hydrogens (tertiary/aromatic N) is 3. The lowest BCUT2D eigenvalue weighted by atomic mass is 10.3. The highest BCUT2D eigenvalue weighted by atomic mass is 79.9. The quantitative estimate of drug-likeness (QED) is 0.680. The molecule has 1 fully saturated rings. The largest absolute Gasteiger partial charge is 0.384 e. The second-order valence-corrected chi connectivity index (χ2v) is 4.04. The Kier molecular flexibility index (Phi) is 3.05. The maximum atomic E-state index is 5.84. The molecule has 0 aromatic rings. The average Bonchev–Trinajstić information content (AvgIpc) is 2.19. The van der Waals surface area contributed by atoms with E-state index < -0.39 is 0 Å². The van der Waals surface area contributed by atoms with E-state index in [-0.39, 0.29) is 6.17 Å². The molecule has 2 aliphatic rings. The summed E-state index contributed by atoms with van der Waals surface area (Å²) < 4.78 is 7.18. The van der Waals surface area contributed by atoms with E-state index in [1.54, 1.807) is 6.20 Å². The molecule has 1 atom stereocenters. The zero-order valence-electron chi connectivity index (χ0n) is 7.77. The SMILES string of the molecule is NC1=NC=CN(Br)C1N1CCOCC1. The molecular formula is C8H13BrN4O. The zero-order valence-corrected chi connectivity index (χ0v) is 9.35. The molecule has 0 radical (unpaired) electrons. The minimum atomic E-state index is 0.0175. The molecule has 78 valence electrons. The van der Waals surface area contributed by atoms with E-state index in [2.05, 4.69) is 26.0 Å². The van der Waals surface area contributed by atoms with Gasteiger partial charge in [-0.1, -0.05) is 0 Å². The van der Waals surface area contributed by atoms with Crippen molar-refractivity contribution in [2.75, 3.05) is 26.3 Å². The van der Waals surface area contributed by atoms with Crippen molar-refractivity contribution in [1.82, 2.24) is 8.83 Å². The summed E-state index contributed by atoms with van der Waals surface area (Å²) in [5.74, 6) is 0.617. The van der Waals surface area contributed by atoms with E-state index in [0.717, 1.165) is 26.3 Å². The third-order valence-corrected chi connectivity index (χ3v) is 2.95. The number of halogens is 1. The number of amidine groups is 1. The van der Waals surface area contributed by atoms with Crippen LogP contribution in [0, 0.1) is 0 Å². The van der Waals surface area contributed by atoms with Gasteiger partial charge in [0, 0.05) is 25.5 Å². The summed E-state index contributed by atoms with van der Waals surface area (Å²) in [6.07, 6.45) is 3.56. The van der Waals surface area contributed by atoms with Crippen LogP contribution in [0.25, 0.3) is 0 Å². The van der Waals surface area contributed by atoms with Crippen LogP contribution >= 0.6 is 16.1 Å². The highest BCUT2D eigenvalue weighted by Crippen LogP contribution is 2.16. The maximum Gasteiger partial charge on any atom is 0.151 e. The number of hydrogen-bond acceptors (Lipinski definition) is 5. The third-order valence-electron chi connectivity index (χ3n) is 2.32. The number of morpholine rings is 1. The predicted octanol–water partition coefficient (Wildman–Crippen LogP) is 0.0986. The van der Waals surface area contributed by atoms with Gasteiger partial charge in [-0.2, -0.15) is 0 Å². The van der Waals surface area contributed by atoms with Gasteiger partial charge < -0.3 is 10.5 Å². The molecule has 0 aromatic heterocycles. The summed E-state index contributed by atoms with van der Waals surface area (Å²) in [6, 6.07) is 0. The fourth-order valence-corrected chi connectivity index (χ4v) is 2.20. The summed E-state index contributed by atoms with van der Waals surface area (Å²) >= 11 is 3.43. The Hall–Kier alpha value is -0.590. The standard InChI is InChI=1S/C8H13BrN4O/c9-13-2-1-11-7(10)8(13)12-3-5-14-6-4-12/h1-2,8H,3-6H2,(H2,10,11). The van der Waals surface area contributed by atoms with Crippen molar-refractivity contribution in [3.05, 3.63) is 12.4 Å². The van der Waals surface area contributed by atoms with Gasteiger partial charge in [0.05, 0.1) is 29.4 Å². The van der Waals surface area contributed by atoms with Gasteiger partial charge in [-0.05, 0) is 0 Å². The highest BCUT2D eigenvalue weighted by molar-refractivity contribution is 9.07. The first-order valence-corrected chi connectivity index (χ1v) is 5.26. The Morgan fingerprint density at radius 3 is 2.86 bits per heavy atom. The van der Waals surface area contributed by atoms with Crippen LogP contribution in [-0.2, 0) is 4.74 Å². The molecule has 0 spiro atoms. The Labute approximate surface area is 91.5 Å². The number of ether oxygens (including phenoxy) is 1. The van der Waals surface area contributed by atoms with E-state index in [1.165, 1.54) is 0 Å². The van der Waals surface area contributed by atoms with Crippen LogP contribution in [0.1, 0.15) is 0 Å². The van der Waals surface area contributed by atoms with E-state index >= 15 is 0 Å². The molecule has 2 rings (SSSR count). The lowest BCUT2D eigenvalue weighted by molar-refractivity contribution is 0.0157. The van der Waals surface area contributed by atoms with Crippen molar-refractivity contribution in [2.45, 2.75) is 6.17 Å². The number of nitrogens with two attached hydrogens (primary N) is 1. The minimum absolute atomic E-state index is 0.0175. The lowest BCUT2D eigenvalue weighted by Gasteiger charge is -2.38. The molecule has 0 amide bonds. The van der Waals surface area contributed by atoms with Gasteiger partial charge in [-0.3, -0.25) is 8.83 Å². The molecule has 2 heterocycles. The van der Waals surface area contributed by atoms with Gasteiger partial charge in [0.15, 0.2) is 6.17 Å². The second kappa shape index (κ2) is 4.29. The summed E-state index contributed by atoms with van der Waals surface area (Å²) in [5.41, 5.74) is 5.84. The molecule has 0 aliphatic carbocycles. The van der Waals surface area contributed by atoms with E-state index in [9.17, 15) is 0 Å². The first-order valence-electron chi connectivity index (χ1n) is 4.55. The van der Waals surface area contributed by atoms with Crippen LogP contribution in [0.3, 0.4) is 0 Å². The normalized spacial score (nSPS) is 29.1. The van der Waals surface area contributed by atoms with Crippen LogP contribution in [0.4, 0.5) is 0 Å². The fourth-order valence-electron chi connectivity index (χ4n) is 1.62. The fraction of sp³-hybridized carbons (Fsp3) is 0.625. The van der Waals surface area contributed by atoms with Gasteiger partial charge in [0.1, 0.15) is 5.84 Å². The zero-order chi connectivity index (χ0) is 9.97.